The van der Waals surface area contributed by atoms with Crippen LogP contribution in [0.1, 0.15) is 26.2 Å². The molecule has 2 aromatic rings. The highest BCUT2D eigenvalue weighted by molar-refractivity contribution is 5.78. The molecule has 1 aliphatic rings. The molecule has 1 saturated heterocycles. The summed E-state index contributed by atoms with van der Waals surface area (Å²) >= 11 is 0. The Bertz CT molecular complexity index is 818. The van der Waals surface area contributed by atoms with Gasteiger partial charge in [0.15, 0.2) is 6.61 Å². The number of ether oxygens (including phenoxy) is 3. The molecule has 3 rings (SSSR count). The largest absolute Gasteiger partial charge is 0.494 e. The van der Waals surface area contributed by atoms with Gasteiger partial charge in [-0.25, -0.2) is 0 Å². The predicted octanol–water partition coefficient (Wildman–Crippen LogP) is 3.04. The second-order valence-electron chi connectivity index (χ2n) is 7.33. The van der Waals surface area contributed by atoms with Gasteiger partial charge >= 0.3 is 0 Å². The zero-order valence-electron chi connectivity index (χ0n) is 17.9. The van der Waals surface area contributed by atoms with E-state index in [1.54, 1.807) is 12.1 Å². The molecule has 1 aliphatic heterocycles. The van der Waals surface area contributed by atoms with Crippen molar-refractivity contribution in [2.24, 2.45) is 0 Å². The highest BCUT2D eigenvalue weighted by atomic mass is 16.5. The average Bonchev–Trinajstić information content (AvgIpc) is 2.80. The molecule has 7 nitrogen and oxygen atoms in total. The predicted molar refractivity (Wildman–Crippen MR) is 117 cm³/mol. The number of carbonyl (C=O) groups excluding carboxylic acids is 2. The minimum absolute atomic E-state index is 0.0377. The Balaban J connectivity index is 1.31. The number of hydrogen-bond acceptors (Lipinski definition) is 5. The number of carbonyl (C=O) groups is 2. The summed E-state index contributed by atoms with van der Waals surface area (Å²) in [4.78, 5) is 26.4. The van der Waals surface area contributed by atoms with Crippen LogP contribution < -0.4 is 19.5 Å². The Morgan fingerprint density at radius 2 is 1.52 bits per heavy atom. The van der Waals surface area contributed by atoms with Gasteiger partial charge in [0.25, 0.3) is 5.91 Å². The van der Waals surface area contributed by atoms with Crippen LogP contribution in [0.3, 0.4) is 0 Å². The summed E-state index contributed by atoms with van der Waals surface area (Å²) in [5.74, 6) is 2.09. The number of amides is 2. The van der Waals surface area contributed by atoms with Crippen molar-refractivity contribution in [3.63, 3.8) is 0 Å². The van der Waals surface area contributed by atoms with Crippen LogP contribution in [0.5, 0.6) is 17.2 Å². The Morgan fingerprint density at radius 1 is 0.903 bits per heavy atom. The van der Waals surface area contributed by atoms with Gasteiger partial charge in [-0.1, -0.05) is 18.2 Å². The highest BCUT2D eigenvalue weighted by Crippen LogP contribution is 2.17. The highest BCUT2D eigenvalue weighted by Gasteiger charge is 2.23. The topological polar surface area (TPSA) is 77.1 Å². The van der Waals surface area contributed by atoms with Crippen molar-refractivity contribution in [2.45, 2.75) is 32.2 Å². The average molecular weight is 427 g/mol. The van der Waals surface area contributed by atoms with Gasteiger partial charge in [0, 0.05) is 19.1 Å². The van der Waals surface area contributed by atoms with Crippen molar-refractivity contribution in [3.8, 4) is 17.2 Å². The van der Waals surface area contributed by atoms with E-state index in [1.165, 1.54) is 0 Å². The minimum Gasteiger partial charge on any atom is -0.494 e. The summed E-state index contributed by atoms with van der Waals surface area (Å²) in [6.07, 6.45) is 1.82. The summed E-state index contributed by atoms with van der Waals surface area (Å²) in [7, 11) is 0. The fraction of sp³-hybridized carbons (Fsp3) is 0.417. The van der Waals surface area contributed by atoms with E-state index in [0.717, 1.165) is 24.3 Å². The Labute approximate surface area is 183 Å². The second-order valence-corrected chi connectivity index (χ2v) is 7.33. The minimum atomic E-state index is -0.157. The fourth-order valence-corrected chi connectivity index (χ4v) is 3.42. The SMILES string of the molecule is CCOc1ccc(OCC(=O)NC2CCN(C(=O)CCOc3ccccc3)CC2)cc1. The van der Waals surface area contributed by atoms with Crippen molar-refractivity contribution in [1.82, 2.24) is 10.2 Å². The molecule has 0 bridgehead atoms. The number of para-hydroxylation sites is 1. The lowest BCUT2D eigenvalue weighted by atomic mass is 10.0. The van der Waals surface area contributed by atoms with Crippen LogP contribution in [0.4, 0.5) is 0 Å². The maximum atomic E-state index is 12.4. The summed E-state index contributed by atoms with van der Waals surface area (Å²) in [6.45, 7) is 4.13. The van der Waals surface area contributed by atoms with Crippen LogP contribution in [0.15, 0.2) is 54.6 Å². The molecule has 0 saturated carbocycles. The van der Waals surface area contributed by atoms with E-state index >= 15 is 0 Å². The molecule has 0 atom stereocenters. The molecule has 1 heterocycles. The number of likely N-dealkylation sites (tertiary alicyclic amines) is 1. The quantitative estimate of drug-likeness (QED) is 0.632. The van der Waals surface area contributed by atoms with E-state index < -0.39 is 0 Å². The molecule has 0 aliphatic carbocycles. The molecule has 0 unspecified atom stereocenters. The number of benzene rings is 2. The van der Waals surface area contributed by atoms with Crippen molar-refractivity contribution in [1.29, 1.82) is 0 Å². The summed E-state index contributed by atoms with van der Waals surface area (Å²) in [5, 5.41) is 2.99. The molecule has 1 fully saturated rings. The first-order valence-electron chi connectivity index (χ1n) is 10.7. The molecular weight excluding hydrogens is 396 g/mol. The molecule has 31 heavy (non-hydrogen) atoms. The van der Waals surface area contributed by atoms with E-state index in [-0.39, 0.29) is 24.5 Å². The smallest absolute Gasteiger partial charge is 0.258 e. The van der Waals surface area contributed by atoms with Crippen molar-refractivity contribution >= 4 is 11.8 Å². The summed E-state index contributed by atoms with van der Waals surface area (Å²) < 4.78 is 16.5. The van der Waals surface area contributed by atoms with Crippen LogP contribution in [-0.2, 0) is 9.59 Å². The molecule has 0 aromatic heterocycles. The van der Waals surface area contributed by atoms with Crippen LogP contribution in [-0.4, -0.2) is 55.7 Å². The Kier molecular flexibility index (Phi) is 8.58. The lowest BCUT2D eigenvalue weighted by molar-refractivity contribution is -0.133. The molecule has 0 radical (unpaired) electrons. The van der Waals surface area contributed by atoms with Gasteiger partial charge in [-0.3, -0.25) is 9.59 Å². The van der Waals surface area contributed by atoms with Gasteiger partial charge in [-0.15, -0.1) is 0 Å². The van der Waals surface area contributed by atoms with E-state index in [2.05, 4.69) is 5.32 Å². The van der Waals surface area contributed by atoms with Gasteiger partial charge in [-0.05, 0) is 56.2 Å². The molecular formula is C24H30N2O5. The third kappa shape index (κ3) is 7.51. The second kappa shape index (κ2) is 11.8. The number of rotatable bonds is 10. The first kappa shape index (κ1) is 22.5. The maximum Gasteiger partial charge on any atom is 0.258 e. The van der Waals surface area contributed by atoms with Crippen molar-refractivity contribution in [2.75, 3.05) is 32.9 Å². The van der Waals surface area contributed by atoms with Crippen molar-refractivity contribution < 1.29 is 23.8 Å². The zero-order chi connectivity index (χ0) is 21.9. The molecule has 7 heteroatoms. The summed E-state index contributed by atoms with van der Waals surface area (Å²) in [5.41, 5.74) is 0. The van der Waals surface area contributed by atoms with Gasteiger partial charge < -0.3 is 24.4 Å². The van der Waals surface area contributed by atoms with E-state index in [4.69, 9.17) is 14.2 Å². The van der Waals surface area contributed by atoms with E-state index in [1.807, 2.05) is 54.3 Å². The van der Waals surface area contributed by atoms with Gasteiger partial charge in [0.2, 0.25) is 5.91 Å². The van der Waals surface area contributed by atoms with Crippen LogP contribution in [0, 0.1) is 0 Å². The monoisotopic (exact) mass is 426 g/mol. The first-order valence-corrected chi connectivity index (χ1v) is 10.7. The molecule has 1 N–H and O–H groups in total. The first-order chi connectivity index (χ1) is 15.1. The Morgan fingerprint density at radius 3 is 2.16 bits per heavy atom. The van der Waals surface area contributed by atoms with Gasteiger partial charge in [0.1, 0.15) is 17.2 Å². The third-order valence-electron chi connectivity index (χ3n) is 5.05. The van der Waals surface area contributed by atoms with Crippen molar-refractivity contribution in [3.05, 3.63) is 54.6 Å². The third-order valence-corrected chi connectivity index (χ3v) is 5.05. The van der Waals surface area contributed by atoms with Crippen LogP contribution in [0.25, 0.3) is 0 Å². The zero-order valence-corrected chi connectivity index (χ0v) is 17.9. The number of hydrogen-bond donors (Lipinski definition) is 1. The number of nitrogens with zero attached hydrogens (tertiary/aromatic N) is 1. The summed E-state index contributed by atoms with van der Waals surface area (Å²) in [6, 6.07) is 16.7. The normalized spacial score (nSPS) is 14.0. The molecule has 2 amide bonds. The lowest BCUT2D eigenvalue weighted by Crippen LogP contribution is -2.47. The fourth-order valence-electron chi connectivity index (χ4n) is 3.42. The standard InChI is InChI=1S/C24H30N2O5/c1-2-29-21-8-10-22(11-9-21)31-18-23(27)25-19-12-15-26(16-13-19)24(28)14-17-30-20-6-4-3-5-7-20/h3-11,19H,2,12-18H2,1H3,(H,25,27). The van der Waals surface area contributed by atoms with E-state index in [9.17, 15) is 9.59 Å². The van der Waals surface area contributed by atoms with Gasteiger partial charge in [0.05, 0.1) is 19.6 Å². The number of piperidine rings is 1. The van der Waals surface area contributed by atoms with Crippen LogP contribution in [0.2, 0.25) is 0 Å². The van der Waals surface area contributed by atoms with Crippen LogP contribution >= 0.6 is 0 Å². The maximum absolute atomic E-state index is 12.4. The van der Waals surface area contributed by atoms with E-state index in [0.29, 0.717) is 38.5 Å². The molecule has 166 valence electrons. The number of nitrogens with one attached hydrogen (secondary N) is 1. The van der Waals surface area contributed by atoms with Gasteiger partial charge in [-0.2, -0.15) is 0 Å². The molecule has 0 spiro atoms. The molecule has 2 aromatic carbocycles. The Hall–Kier alpha value is -3.22. The lowest BCUT2D eigenvalue weighted by Gasteiger charge is -2.32.